The quantitative estimate of drug-likeness (QED) is 0.882. The zero-order valence-corrected chi connectivity index (χ0v) is 13.8. The summed E-state index contributed by atoms with van der Waals surface area (Å²) in [5, 5.41) is 11.7. The van der Waals surface area contributed by atoms with Crippen LogP contribution >= 0.6 is 23.2 Å². The minimum Gasteiger partial charge on any atom is -0.393 e. The molecule has 1 aromatic carbocycles. The standard InChI is InChI=1S/C17H23Cl2NO/c18-13-8-7-12(15(19)10-13)11-20-9-2-1-5-16(20)14-4-3-6-17(14)21/h7-8,10,14,16-17,21H,1-6,9,11H2. The van der Waals surface area contributed by atoms with Gasteiger partial charge in [-0.3, -0.25) is 4.90 Å². The number of aliphatic hydroxyl groups excluding tert-OH is 1. The number of likely N-dealkylation sites (tertiary alicyclic amines) is 1. The maximum Gasteiger partial charge on any atom is 0.0583 e. The predicted molar refractivity (Wildman–Crippen MR) is 87.9 cm³/mol. The minimum atomic E-state index is -0.115. The van der Waals surface area contributed by atoms with Crippen molar-refractivity contribution in [3.63, 3.8) is 0 Å². The maximum absolute atomic E-state index is 10.2. The molecule has 0 bridgehead atoms. The van der Waals surface area contributed by atoms with Crippen LogP contribution in [0.4, 0.5) is 0 Å². The zero-order chi connectivity index (χ0) is 14.8. The minimum absolute atomic E-state index is 0.115. The molecular weight excluding hydrogens is 305 g/mol. The SMILES string of the molecule is OC1CCCC1C1CCCCN1Cc1ccc(Cl)cc1Cl. The van der Waals surface area contributed by atoms with E-state index in [1.807, 2.05) is 18.2 Å². The molecule has 4 heteroatoms. The molecule has 2 fully saturated rings. The Bertz CT molecular complexity index is 494. The summed E-state index contributed by atoms with van der Waals surface area (Å²) in [6, 6.07) is 6.26. The molecule has 1 aromatic rings. The largest absolute Gasteiger partial charge is 0.393 e. The van der Waals surface area contributed by atoms with Crippen LogP contribution in [0.5, 0.6) is 0 Å². The van der Waals surface area contributed by atoms with E-state index in [-0.39, 0.29) is 6.10 Å². The molecule has 3 unspecified atom stereocenters. The van der Waals surface area contributed by atoms with Crippen LogP contribution in [-0.4, -0.2) is 28.7 Å². The van der Waals surface area contributed by atoms with Gasteiger partial charge in [-0.05, 0) is 49.9 Å². The summed E-state index contributed by atoms with van der Waals surface area (Å²) in [6.45, 7) is 1.97. The van der Waals surface area contributed by atoms with Gasteiger partial charge in [-0.1, -0.05) is 42.1 Å². The first-order chi connectivity index (χ1) is 10.1. The van der Waals surface area contributed by atoms with Crippen LogP contribution in [-0.2, 0) is 6.54 Å². The van der Waals surface area contributed by atoms with E-state index in [9.17, 15) is 5.11 Å². The van der Waals surface area contributed by atoms with E-state index < -0.39 is 0 Å². The molecule has 116 valence electrons. The van der Waals surface area contributed by atoms with Crippen molar-refractivity contribution < 1.29 is 5.11 Å². The molecule has 1 aliphatic heterocycles. The van der Waals surface area contributed by atoms with E-state index in [0.717, 1.165) is 42.9 Å². The molecule has 1 saturated heterocycles. The maximum atomic E-state index is 10.2. The molecule has 2 aliphatic rings. The van der Waals surface area contributed by atoms with Crippen LogP contribution in [0, 0.1) is 5.92 Å². The van der Waals surface area contributed by atoms with Gasteiger partial charge in [-0.2, -0.15) is 0 Å². The molecule has 3 rings (SSSR count). The summed E-state index contributed by atoms with van der Waals surface area (Å²) in [5.74, 6) is 0.441. The predicted octanol–water partition coefficient (Wildman–Crippen LogP) is 4.51. The van der Waals surface area contributed by atoms with Crippen molar-refractivity contribution in [3.8, 4) is 0 Å². The van der Waals surface area contributed by atoms with Gasteiger partial charge in [0.1, 0.15) is 0 Å². The van der Waals surface area contributed by atoms with Crippen molar-refractivity contribution in [2.45, 2.75) is 57.2 Å². The Hall–Kier alpha value is -0.280. The van der Waals surface area contributed by atoms with Crippen LogP contribution in [0.15, 0.2) is 18.2 Å². The Morgan fingerprint density at radius 2 is 1.95 bits per heavy atom. The number of benzene rings is 1. The topological polar surface area (TPSA) is 23.5 Å². The third-order valence-corrected chi connectivity index (χ3v) is 5.67. The summed E-state index contributed by atoms with van der Waals surface area (Å²) in [4.78, 5) is 2.53. The van der Waals surface area contributed by atoms with Gasteiger partial charge in [0.25, 0.3) is 0 Å². The van der Waals surface area contributed by atoms with E-state index in [4.69, 9.17) is 23.2 Å². The summed E-state index contributed by atoms with van der Waals surface area (Å²) in [6.07, 6.45) is 6.90. The first kappa shape index (κ1) is 15.6. The van der Waals surface area contributed by atoms with Crippen molar-refractivity contribution in [1.82, 2.24) is 4.90 Å². The number of hydrogen-bond acceptors (Lipinski definition) is 2. The van der Waals surface area contributed by atoms with Gasteiger partial charge in [0.05, 0.1) is 6.10 Å². The number of halogens is 2. The monoisotopic (exact) mass is 327 g/mol. The molecule has 1 aliphatic carbocycles. The van der Waals surface area contributed by atoms with Gasteiger partial charge in [0.15, 0.2) is 0 Å². The van der Waals surface area contributed by atoms with E-state index in [1.54, 1.807) is 0 Å². The van der Waals surface area contributed by atoms with Crippen molar-refractivity contribution in [2.75, 3.05) is 6.54 Å². The molecule has 0 spiro atoms. The molecule has 21 heavy (non-hydrogen) atoms. The van der Waals surface area contributed by atoms with E-state index in [0.29, 0.717) is 17.0 Å². The summed E-state index contributed by atoms with van der Waals surface area (Å²) >= 11 is 12.3. The van der Waals surface area contributed by atoms with Gasteiger partial charge in [0.2, 0.25) is 0 Å². The van der Waals surface area contributed by atoms with Crippen molar-refractivity contribution in [2.24, 2.45) is 5.92 Å². The van der Waals surface area contributed by atoms with Crippen LogP contribution in [0.2, 0.25) is 10.0 Å². The van der Waals surface area contributed by atoms with Gasteiger partial charge in [-0.15, -0.1) is 0 Å². The van der Waals surface area contributed by atoms with Crippen LogP contribution < -0.4 is 0 Å². The lowest BCUT2D eigenvalue weighted by Crippen LogP contribution is -2.45. The lowest BCUT2D eigenvalue weighted by atomic mass is 9.87. The fourth-order valence-corrected chi connectivity index (χ4v) is 4.45. The highest BCUT2D eigenvalue weighted by atomic mass is 35.5. The second-order valence-electron chi connectivity index (χ2n) is 6.43. The third-order valence-electron chi connectivity index (χ3n) is 5.08. The lowest BCUT2D eigenvalue weighted by Gasteiger charge is -2.40. The normalized spacial score (nSPS) is 30.7. The smallest absolute Gasteiger partial charge is 0.0583 e. The highest BCUT2D eigenvalue weighted by Crippen LogP contribution is 2.36. The highest BCUT2D eigenvalue weighted by molar-refractivity contribution is 6.35. The zero-order valence-electron chi connectivity index (χ0n) is 12.3. The first-order valence-corrected chi connectivity index (χ1v) is 8.77. The van der Waals surface area contributed by atoms with Gasteiger partial charge >= 0.3 is 0 Å². The van der Waals surface area contributed by atoms with Crippen molar-refractivity contribution in [3.05, 3.63) is 33.8 Å². The molecule has 2 nitrogen and oxygen atoms in total. The molecule has 1 N–H and O–H groups in total. The van der Waals surface area contributed by atoms with Crippen LogP contribution in [0.3, 0.4) is 0 Å². The van der Waals surface area contributed by atoms with Crippen LogP contribution in [0.1, 0.15) is 44.1 Å². The van der Waals surface area contributed by atoms with E-state index in [2.05, 4.69) is 4.90 Å². The summed E-state index contributed by atoms with van der Waals surface area (Å²) < 4.78 is 0. The van der Waals surface area contributed by atoms with Gasteiger partial charge in [-0.25, -0.2) is 0 Å². The average molecular weight is 328 g/mol. The molecule has 0 radical (unpaired) electrons. The molecule has 1 heterocycles. The van der Waals surface area contributed by atoms with Crippen LogP contribution in [0.25, 0.3) is 0 Å². The Morgan fingerprint density at radius 3 is 2.67 bits per heavy atom. The van der Waals surface area contributed by atoms with Crippen molar-refractivity contribution in [1.29, 1.82) is 0 Å². The second-order valence-corrected chi connectivity index (χ2v) is 7.28. The molecule has 0 aromatic heterocycles. The fraction of sp³-hybridized carbons (Fsp3) is 0.647. The molecule has 1 saturated carbocycles. The van der Waals surface area contributed by atoms with Gasteiger partial charge < -0.3 is 5.11 Å². The lowest BCUT2D eigenvalue weighted by molar-refractivity contribution is 0.0313. The number of hydrogen-bond donors (Lipinski definition) is 1. The fourth-order valence-electron chi connectivity index (χ4n) is 3.98. The second kappa shape index (κ2) is 6.87. The summed E-state index contributed by atoms with van der Waals surface area (Å²) in [7, 11) is 0. The van der Waals surface area contributed by atoms with Gasteiger partial charge in [0, 0.05) is 28.5 Å². The van der Waals surface area contributed by atoms with E-state index >= 15 is 0 Å². The number of nitrogens with zero attached hydrogens (tertiary/aromatic N) is 1. The Labute approximate surface area is 137 Å². The Kier molecular flexibility index (Phi) is 5.11. The molecule has 3 atom stereocenters. The Balaban J connectivity index is 1.75. The number of piperidine rings is 1. The Morgan fingerprint density at radius 1 is 1.10 bits per heavy atom. The van der Waals surface area contributed by atoms with E-state index in [1.165, 1.54) is 19.3 Å². The number of rotatable bonds is 3. The average Bonchev–Trinajstić information content (AvgIpc) is 2.89. The molecule has 0 amide bonds. The number of aliphatic hydroxyl groups is 1. The summed E-state index contributed by atoms with van der Waals surface area (Å²) in [5.41, 5.74) is 1.14. The first-order valence-electron chi connectivity index (χ1n) is 8.01. The molecular formula is C17H23Cl2NO. The van der Waals surface area contributed by atoms with Crippen molar-refractivity contribution >= 4 is 23.2 Å². The highest BCUT2D eigenvalue weighted by Gasteiger charge is 2.36. The third kappa shape index (κ3) is 3.56.